The third-order valence-electron chi connectivity index (χ3n) is 19.8. The van der Waals surface area contributed by atoms with Crippen LogP contribution in [0, 0.1) is 242 Å². The first-order chi connectivity index (χ1) is 42.9. The molecule has 0 aliphatic heterocycles. The molecule has 0 atom stereocenters. The largest absolute Gasteiger partial charge is 0.521 e. The van der Waals surface area contributed by atoms with Crippen molar-refractivity contribution in [3.05, 3.63) is 287 Å². The summed E-state index contributed by atoms with van der Waals surface area (Å²) in [5, 5.41) is 7.02. The number of hydrogen-bond acceptors (Lipinski definition) is 4. The van der Waals surface area contributed by atoms with Gasteiger partial charge in [-0.25, -0.2) is 6.08 Å². The molecule has 8 aromatic rings. The Kier molecular flexibility index (Phi) is 37.7. The van der Waals surface area contributed by atoms with Crippen molar-refractivity contribution in [2.75, 3.05) is 10.6 Å². The minimum atomic E-state index is 0. The maximum absolute atomic E-state index is 6.20. The Bertz CT molecular complexity index is 3860. The predicted molar refractivity (Wildman–Crippen MR) is 396 cm³/mol. The second-order valence-corrected chi connectivity index (χ2v) is 25.9. The molecule has 2 N–H and O–H groups in total. The van der Waals surface area contributed by atoms with Crippen LogP contribution in [0.25, 0.3) is 11.5 Å². The van der Waals surface area contributed by atoms with Crippen LogP contribution >= 0.6 is 0 Å². The standard InChI is InChI=1S/2C22H27N.2C22H26O.4Y/c1-13-9-21(10-14(2)17(13)5)12-16(4)23-22-11-15(3)18(6)19(7)20(22)8;1-9-21(20-10-13(2)16(5)14(3)11-20)23-22-12-15(4)17(6)18(7)19(22)8;1-13-9-21(10-14(2)17(13)5)12-16(4)23-22-11-15(3)18(6)19(7)20(22)8;1-9-21(20-10-13(2)16(5)14(3)11-20)23-22-12-15(4)17(6)18(7)19(22)8;;;;/h9-10,23H,1-8H3;10-11,23H,1-8H3;9-10H,1-8H3;10-11H,1-8H3;;;;/q4*-2;;;;. The molecule has 0 aliphatic carbocycles. The monoisotopic (exact) mass is 1580 g/mol. The zero-order valence-electron chi connectivity index (χ0n) is 64.7. The van der Waals surface area contributed by atoms with Gasteiger partial charge in [-0.05, 0) is 91.8 Å². The van der Waals surface area contributed by atoms with Crippen LogP contribution in [0.2, 0.25) is 0 Å². The molecule has 0 heterocycles. The van der Waals surface area contributed by atoms with Gasteiger partial charge in [0.15, 0.2) is 0 Å². The quantitative estimate of drug-likeness (QED) is 0.0945. The molecule has 8 heteroatoms. The van der Waals surface area contributed by atoms with E-state index in [-0.39, 0.29) is 131 Å². The second kappa shape index (κ2) is 40.1. The van der Waals surface area contributed by atoms with Gasteiger partial charge in [0.25, 0.3) is 0 Å². The third-order valence-corrected chi connectivity index (χ3v) is 19.8. The molecule has 0 saturated carbocycles. The molecule has 8 rings (SSSR count). The van der Waals surface area contributed by atoms with Crippen LogP contribution in [0.3, 0.4) is 0 Å². The maximum atomic E-state index is 6.20. The summed E-state index contributed by atoms with van der Waals surface area (Å²) in [5.74, 6) is 3.12. The molecule has 0 aromatic heterocycles. The SMILES string of the molecule is CC(=[C-]c1cc(C)c(C)c(C)c1)Nc1[c-]c(C)c(C)c(C)c1C.CC(=[C-]c1cc(C)c(C)c(C)c1)Oc1[c-]c(C)c(C)c(C)c1C.C[C-]=C(Nc1[c-]c(C)c(C)c(C)c1C)c1cc(C)c(C)c(C)c1.C[C-]=C(Oc1[c-]c(C)c(C)c(C)c1C)c1cc(C)c(C)c(C)c1.[Y].[Y].[Y].[Y]. The van der Waals surface area contributed by atoms with Crippen molar-refractivity contribution in [3.63, 3.8) is 0 Å². The zero-order valence-corrected chi connectivity index (χ0v) is 76.1. The van der Waals surface area contributed by atoms with Gasteiger partial charge in [0.05, 0.1) is 0 Å². The van der Waals surface area contributed by atoms with Gasteiger partial charge in [-0.2, -0.15) is 126 Å². The Morgan fingerprint density at radius 2 is 0.594 bits per heavy atom. The molecule has 0 unspecified atom stereocenters. The molecule has 0 amide bonds. The minimum absolute atomic E-state index is 0. The number of aryl methyl sites for hydroxylation is 12. The summed E-state index contributed by atoms with van der Waals surface area (Å²) in [6.45, 7) is 67.7. The second-order valence-electron chi connectivity index (χ2n) is 25.9. The van der Waals surface area contributed by atoms with E-state index < -0.39 is 0 Å². The smallest absolute Gasteiger partial charge is 0.0402 e. The first-order valence-corrected chi connectivity index (χ1v) is 32.4. The number of nitrogens with one attached hydrogen (secondary N) is 2. The Hall–Kier alpha value is -3.66. The van der Waals surface area contributed by atoms with Gasteiger partial charge in [0, 0.05) is 148 Å². The number of rotatable bonds is 12. The molecular formula is C88H106N2O2Y4-8. The van der Waals surface area contributed by atoms with E-state index in [4.69, 9.17) is 9.47 Å². The van der Waals surface area contributed by atoms with Crippen LogP contribution < -0.4 is 20.1 Å². The Balaban J connectivity index is 0.000000631. The fourth-order valence-corrected chi connectivity index (χ4v) is 11.0. The normalized spacial score (nSPS) is 11.2. The summed E-state index contributed by atoms with van der Waals surface area (Å²) in [7, 11) is 0. The van der Waals surface area contributed by atoms with Crippen molar-refractivity contribution in [1.82, 2.24) is 0 Å². The van der Waals surface area contributed by atoms with Crippen LogP contribution in [0.5, 0.6) is 11.5 Å². The van der Waals surface area contributed by atoms with Crippen LogP contribution in [0.4, 0.5) is 11.4 Å². The molecule has 0 bridgehead atoms. The molecule has 4 radical (unpaired) electrons. The van der Waals surface area contributed by atoms with Crippen molar-refractivity contribution in [2.24, 2.45) is 0 Å². The fourth-order valence-electron chi connectivity index (χ4n) is 11.0. The number of anilines is 2. The molecule has 0 spiro atoms. The molecule has 0 aliphatic rings. The molecule has 4 nitrogen and oxygen atoms in total. The number of allylic oxidation sites excluding steroid dienone is 4. The summed E-state index contributed by atoms with van der Waals surface area (Å²) in [4.78, 5) is 0. The number of benzene rings is 8. The average Bonchev–Trinajstić information content (AvgIpc) is 0.853. The van der Waals surface area contributed by atoms with Gasteiger partial charge in [0.2, 0.25) is 0 Å². The topological polar surface area (TPSA) is 42.5 Å². The zero-order chi connectivity index (χ0) is 69.2. The predicted octanol–water partition coefficient (Wildman–Crippen LogP) is 23.4. The molecule has 96 heavy (non-hydrogen) atoms. The van der Waals surface area contributed by atoms with Crippen LogP contribution in [0.1, 0.15) is 206 Å². The van der Waals surface area contributed by atoms with E-state index in [0.717, 1.165) is 84.7 Å². The van der Waals surface area contributed by atoms with Crippen molar-refractivity contribution in [2.45, 2.75) is 222 Å². The van der Waals surface area contributed by atoms with E-state index in [0.29, 0.717) is 0 Å². The summed E-state index contributed by atoms with van der Waals surface area (Å²) < 4.78 is 12.2. The number of hydrogen-bond donors (Lipinski definition) is 2. The van der Waals surface area contributed by atoms with Gasteiger partial charge in [-0.3, -0.25) is 6.08 Å². The minimum Gasteiger partial charge on any atom is -0.521 e. The van der Waals surface area contributed by atoms with Gasteiger partial charge < -0.3 is 20.1 Å². The van der Waals surface area contributed by atoms with E-state index in [9.17, 15) is 0 Å². The van der Waals surface area contributed by atoms with Gasteiger partial charge >= 0.3 is 0 Å². The van der Waals surface area contributed by atoms with Crippen molar-refractivity contribution >= 4 is 22.8 Å². The average molecular weight is 1580 g/mol. The maximum Gasteiger partial charge on any atom is 0.0402 e. The van der Waals surface area contributed by atoms with E-state index in [1.54, 1.807) is 0 Å². The molecule has 8 aromatic carbocycles. The Labute approximate surface area is 685 Å². The van der Waals surface area contributed by atoms with Crippen molar-refractivity contribution in [3.8, 4) is 11.5 Å². The molecule has 0 saturated heterocycles. The summed E-state index contributed by atoms with van der Waals surface area (Å²) >= 11 is 0. The summed E-state index contributed by atoms with van der Waals surface area (Å²) in [6.07, 6.45) is 13.3. The molecule has 500 valence electrons. The first-order valence-electron chi connectivity index (χ1n) is 32.4. The van der Waals surface area contributed by atoms with Crippen molar-refractivity contribution < 1.29 is 140 Å². The third kappa shape index (κ3) is 23.2. The Morgan fingerprint density at radius 3 is 0.938 bits per heavy atom. The Morgan fingerprint density at radius 1 is 0.302 bits per heavy atom. The van der Waals surface area contributed by atoms with Crippen molar-refractivity contribution in [1.29, 1.82) is 0 Å². The van der Waals surface area contributed by atoms with E-state index >= 15 is 0 Å². The van der Waals surface area contributed by atoms with Crippen LogP contribution in [-0.4, -0.2) is 0 Å². The molecule has 0 fully saturated rings. The van der Waals surface area contributed by atoms with Gasteiger partial charge in [-0.15, -0.1) is 112 Å². The van der Waals surface area contributed by atoms with E-state index in [1.165, 1.54) is 139 Å². The number of ether oxygens (including phenoxy) is 2. The fraction of sp³-hybridized carbons (Fsp3) is 0.364. The molecular weight excluding hydrogens is 1470 g/mol. The van der Waals surface area contributed by atoms with E-state index in [1.807, 2.05) is 20.8 Å². The van der Waals surface area contributed by atoms with Crippen LogP contribution in [-0.2, 0) is 131 Å². The van der Waals surface area contributed by atoms with Gasteiger partial charge in [0.1, 0.15) is 0 Å². The van der Waals surface area contributed by atoms with E-state index in [2.05, 4.69) is 309 Å². The first kappa shape index (κ1) is 90.3. The summed E-state index contributed by atoms with van der Waals surface area (Å²) in [6, 6.07) is 31.1. The van der Waals surface area contributed by atoms with Gasteiger partial charge in [-0.1, -0.05) is 183 Å². The van der Waals surface area contributed by atoms with Crippen LogP contribution in [0.15, 0.2) is 60.0 Å². The summed E-state index contributed by atoms with van der Waals surface area (Å²) in [5.41, 5.74) is 44.1.